The van der Waals surface area contributed by atoms with E-state index in [-0.39, 0.29) is 5.91 Å². The summed E-state index contributed by atoms with van der Waals surface area (Å²) in [6.07, 6.45) is 1.11. The zero-order chi connectivity index (χ0) is 21.5. The molecule has 1 amide bonds. The number of benzene rings is 2. The first kappa shape index (κ1) is 21.7. The molecule has 0 saturated heterocycles. The van der Waals surface area contributed by atoms with E-state index in [1.54, 1.807) is 19.0 Å². The summed E-state index contributed by atoms with van der Waals surface area (Å²) in [5, 5.41) is 6.80. The lowest BCUT2D eigenvalue weighted by atomic mass is 10.1. The van der Waals surface area contributed by atoms with Gasteiger partial charge >= 0.3 is 0 Å². The van der Waals surface area contributed by atoms with Gasteiger partial charge < -0.3 is 20.4 Å². The first-order valence-electron chi connectivity index (χ1n) is 10.7. The average Bonchev–Trinajstić information content (AvgIpc) is 3.19. The quantitative estimate of drug-likeness (QED) is 0.547. The van der Waals surface area contributed by atoms with E-state index >= 15 is 0 Å². The number of amides is 1. The van der Waals surface area contributed by atoms with E-state index < -0.39 is 0 Å². The van der Waals surface area contributed by atoms with Crippen LogP contribution in [0.25, 0.3) is 0 Å². The summed E-state index contributed by atoms with van der Waals surface area (Å²) < 4.78 is 0. The van der Waals surface area contributed by atoms with E-state index in [1.807, 2.05) is 24.3 Å². The maximum absolute atomic E-state index is 12.0. The predicted octanol–water partition coefficient (Wildman–Crippen LogP) is 2.89. The normalized spacial score (nSPS) is 14.3. The predicted molar refractivity (Wildman–Crippen MR) is 124 cm³/mol. The van der Waals surface area contributed by atoms with Gasteiger partial charge in [0.1, 0.15) is 0 Å². The molecule has 1 aliphatic heterocycles. The Hall–Kier alpha value is -3.02. The average molecular weight is 408 g/mol. The zero-order valence-corrected chi connectivity index (χ0v) is 18.5. The van der Waals surface area contributed by atoms with Gasteiger partial charge in [-0.15, -0.1) is 0 Å². The van der Waals surface area contributed by atoms with Gasteiger partial charge in [-0.2, -0.15) is 0 Å². The first-order valence-corrected chi connectivity index (χ1v) is 10.7. The molecule has 1 unspecified atom stereocenters. The standard InChI is InChI=1S/C24H33N5O/c1-5-25-24(27-17-19-10-12-21(13-11-19)23(30)28(3)4)26-16-18(2)29-15-14-20-8-6-7-9-22(20)29/h6-13,18H,5,14-17H2,1-4H3,(H2,25,26,27). The fraction of sp³-hybridized carbons (Fsp3) is 0.417. The number of carbonyl (C=O) groups excluding carboxylic acids is 1. The summed E-state index contributed by atoms with van der Waals surface area (Å²) in [4.78, 5) is 20.8. The number of rotatable bonds is 7. The van der Waals surface area contributed by atoms with E-state index in [4.69, 9.17) is 4.99 Å². The highest BCUT2D eigenvalue weighted by Gasteiger charge is 2.22. The topological polar surface area (TPSA) is 60.0 Å². The van der Waals surface area contributed by atoms with Crippen LogP contribution in [-0.4, -0.2) is 56.5 Å². The van der Waals surface area contributed by atoms with Crippen LogP contribution in [0.4, 0.5) is 5.69 Å². The summed E-state index contributed by atoms with van der Waals surface area (Å²) >= 11 is 0. The van der Waals surface area contributed by atoms with Gasteiger partial charge in [0.05, 0.1) is 6.54 Å². The summed E-state index contributed by atoms with van der Waals surface area (Å²) in [7, 11) is 3.52. The number of nitrogens with one attached hydrogen (secondary N) is 2. The Labute approximate surface area is 180 Å². The number of carbonyl (C=O) groups is 1. The van der Waals surface area contributed by atoms with Crippen molar-refractivity contribution in [2.75, 3.05) is 38.6 Å². The molecule has 3 rings (SSSR count). The molecule has 6 nitrogen and oxygen atoms in total. The Bertz CT molecular complexity index is 875. The van der Waals surface area contributed by atoms with E-state index in [1.165, 1.54) is 11.3 Å². The van der Waals surface area contributed by atoms with Gasteiger partial charge in [-0.25, -0.2) is 4.99 Å². The summed E-state index contributed by atoms with van der Waals surface area (Å²) in [6, 6.07) is 16.7. The number of hydrogen-bond donors (Lipinski definition) is 2. The maximum Gasteiger partial charge on any atom is 0.253 e. The molecule has 2 N–H and O–H groups in total. The largest absolute Gasteiger partial charge is 0.366 e. The lowest BCUT2D eigenvalue weighted by molar-refractivity contribution is 0.0827. The van der Waals surface area contributed by atoms with Crippen LogP contribution in [0.5, 0.6) is 0 Å². The summed E-state index contributed by atoms with van der Waals surface area (Å²) in [5.74, 6) is 0.822. The highest BCUT2D eigenvalue weighted by molar-refractivity contribution is 5.93. The number of guanidine groups is 1. The van der Waals surface area contributed by atoms with Crippen molar-refractivity contribution >= 4 is 17.6 Å². The van der Waals surface area contributed by atoms with E-state index in [0.717, 1.165) is 37.6 Å². The number of nitrogens with zero attached hydrogens (tertiary/aromatic N) is 3. The van der Waals surface area contributed by atoms with Crippen molar-refractivity contribution in [2.24, 2.45) is 4.99 Å². The number of fused-ring (bicyclic) bond motifs is 1. The molecule has 1 aliphatic rings. The molecule has 1 atom stereocenters. The van der Waals surface area contributed by atoms with Gasteiger partial charge in [-0.05, 0) is 49.6 Å². The Balaban J connectivity index is 1.58. The van der Waals surface area contributed by atoms with E-state index in [0.29, 0.717) is 18.2 Å². The number of aliphatic imine (C=N–C) groups is 1. The van der Waals surface area contributed by atoms with Gasteiger partial charge in [0.25, 0.3) is 5.91 Å². The molecule has 0 aliphatic carbocycles. The molecule has 1 heterocycles. The van der Waals surface area contributed by atoms with Crippen LogP contribution in [-0.2, 0) is 13.0 Å². The Kier molecular flexibility index (Phi) is 7.33. The second-order valence-corrected chi connectivity index (χ2v) is 7.89. The van der Waals surface area contributed by atoms with Gasteiger partial charge in [0.2, 0.25) is 0 Å². The lowest BCUT2D eigenvalue weighted by Crippen LogP contribution is -2.45. The van der Waals surface area contributed by atoms with Crippen molar-refractivity contribution in [3.63, 3.8) is 0 Å². The van der Waals surface area contributed by atoms with E-state index in [2.05, 4.69) is 53.6 Å². The van der Waals surface area contributed by atoms with Crippen molar-refractivity contribution < 1.29 is 4.79 Å². The molecule has 0 fully saturated rings. The fourth-order valence-corrected chi connectivity index (χ4v) is 3.70. The molecule has 0 saturated carbocycles. The third-order valence-corrected chi connectivity index (χ3v) is 5.39. The number of para-hydroxylation sites is 1. The number of hydrogen-bond acceptors (Lipinski definition) is 3. The molecule has 0 spiro atoms. The van der Waals surface area contributed by atoms with Gasteiger partial charge in [0, 0.05) is 51.0 Å². The van der Waals surface area contributed by atoms with Crippen LogP contribution in [0.15, 0.2) is 53.5 Å². The van der Waals surface area contributed by atoms with Crippen molar-refractivity contribution in [3.05, 3.63) is 65.2 Å². The zero-order valence-electron chi connectivity index (χ0n) is 18.5. The molecule has 0 bridgehead atoms. The smallest absolute Gasteiger partial charge is 0.253 e. The summed E-state index contributed by atoms with van der Waals surface area (Å²) in [5.41, 5.74) is 4.55. The van der Waals surface area contributed by atoms with Gasteiger partial charge in [-0.1, -0.05) is 30.3 Å². The summed E-state index contributed by atoms with van der Waals surface area (Å²) in [6.45, 7) is 7.57. The van der Waals surface area contributed by atoms with Crippen molar-refractivity contribution in [2.45, 2.75) is 32.9 Å². The minimum Gasteiger partial charge on any atom is -0.366 e. The first-order chi connectivity index (χ1) is 14.5. The fourth-order valence-electron chi connectivity index (χ4n) is 3.70. The Morgan fingerprint density at radius 3 is 2.57 bits per heavy atom. The second-order valence-electron chi connectivity index (χ2n) is 7.89. The Morgan fingerprint density at radius 2 is 1.87 bits per heavy atom. The van der Waals surface area contributed by atoms with Crippen molar-refractivity contribution in [1.29, 1.82) is 0 Å². The van der Waals surface area contributed by atoms with Crippen LogP contribution in [0, 0.1) is 0 Å². The number of anilines is 1. The second kappa shape index (κ2) is 10.1. The molecule has 0 radical (unpaired) electrons. The molecule has 6 heteroatoms. The van der Waals surface area contributed by atoms with Crippen LogP contribution in [0.1, 0.15) is 35.3 Å². The van der Waals surface area contributed by atoms with Crippen LogP contribution < -0.4 is 15.5 Å². The third kappa shape index (κ3) is 5.32. The molecular weight excluding hydrogens is 374 g/mol. The van der Waals surface area contributed by atoms with Crippen molar-refractivity contribution in [3.8, 4) is 0 Å². The highest BCUT2D eigenvalue weighted by Crippen LogP contribution is 2.28. The van der Waals surface area contributed by atoms with Crippen LogP contribution in [0.2, 0.25) is 0 Å². The Morgan fingerprint density at radius 1 is 1.13 bits per heavy atom. The maximum atomic E-state index is 12.0. The minimum absolute atomic E-state index is 0.0116. The van der Waals surface area contributed by atoms with Crippen LogP contribution >= 0.6 is 0 Å². The molecule has 30 heavy (non-hydrogen) atoms. The molecule has 160 valence electrons. The SMILES string of the molecule is CCNC(=NCc1ccc(C(=O)N(C)C)cc1)NCC(C)N1CCc2ccccc21. The van der Waals surface area contributed by atoms with Gasteiger partial charge in [-0.3, -0.25) is 4.79 Å². The third-order valence-electron chi connectivity index (χ3n) is 5.39. The van der Waals surface area contributed by atoms with Crippen LogP contribution in [0.3, 0.4) is 0 Å². The molecule has 2 aromatic carbocycles. The lowest BCUT2D eigenvalue weighted by Gasteiger charge is -2.28. The monoisotopic (exact) mass is 407 g/mol. The highest BCUT2D eigenvalue weighted by atomic mass is 16.2. The van der Waals surface area contributed by atoms with Gasteiger partial charge in [0.15, 0.2) is 5.96 Å². The molecule has 2 aromatic rings. The van der Waals surface area contributed by atoms with E-state index in [9.17, 15) is 4.79 Å². The molecule has 0 aromatic heterocycles. The van der Waals surface area contributed by atoms with Crippen molar-refractivity contribution in [1.82, 2.24) is 15.5 Å². The minimum atomic E-state index is 0.0116. The molecular formula is C24H33N5O.